The molecule has 8 nitrogen and oxygen atoms in total. The van der Waals surface area contributed by atoms with Crippen LogP contribution in [0.3, 0.4) is 0 Å². The van der Waals surface area contributed by atoms with Crippen molar-refractivity contribution in [3.05, 3.63) is 30.6 Å². The molecule has 3 aromatic rings. The van der Waals surface area contributed by atoms with Gasteiger partial charge in [-0.1, -0.05) is 6.42 Å². The summed E-state index contributed by atoms with van der Waals surface area (Å²) in [4.78, 5) is 9.03. The Morgan fingerprint density at radius 3 is 2.96 bits per heavy atom. The molecule has 0 saturated heterocycles. The predicted octanol–water partition coefficient (Wildman–Crippen LogP) is 1.62. The fraction of sp³-hybridized carbons (Fsp3) is 0.467. The number of rotatable bonds is 3. The second-order valence-electron chi connectivity index (χ2n) is 6.09. The molecular formula is C15H19N7O. The Morgan fingerprint density at radius 2 is 2.17 bits per heavy atom. The lowest BCUT2D eigenvalue weighted by Crippen LogP contribution is -2.19. The van der Waals surface area contributed by atoms with Crippen LogP contribution in [-0.2, 0) is 7.05 Å². The fourth-order valence-corrected chi connectivity index (χ4v) is 3.18. The van der Waals surface area contributed by atoms with Gasteiger partial charge in [-0.2, -0.15) is 10.2 Å². The maximum atomic E-state index is 9.93. The smallest absolute Gasteiger partial charge is 0.198 e. The molecule has 0 radical (unpaired) electrons. The molecule has 0 bridgehead atoms. The van der Waals surface area contributed by atoms with Crippen LogP contribution in [0.15, 0.2) is 24.9 Å². The summed E-state index contributed by atoms with van der Waals surface area (Å²) in [7, 11) is 1.87. The van der Waals surface area contributed by atoms with E-state index in [9.17, 15) is 5.11 Å². The largest absolute Gasteiger partial charge is 0.393 e. The molecule has 1 fully saturated rings. The van der Waals surface area contributed by atoms with Crippen molar-refractivity contribution in [3.63, 3.8) is 0 Å². The molecule has 0 spiro atoms. The van der Waals surface area contributed by atoms with Gasteiger partial charge in [0.05, 0.1) is 29.9 Å². The summed E-state index contributed by atoms with van der Waals surface area (Å²) in [5.74, 6) is 0.912. The third-order valence-corrected chi connectivity index (χ3v) is 4.31. The van der Waals surface area contributed by atoms with Crippen molar-refractivity contribution in [1.29, 1.82) is 0 Å². The van der Waals surface area contributed by atoms with Crippen LogP contribution >= 0.6 is 0 Å². The van der Waals surface area contributed by atoms with Gasteiger partial charge < -0.3 is 10.4 Å². The minimum Gasteiger partial charge on any atom is -0.393 e. The van der Waals surface area contributed by atoms with E-state index in [0.29, 0.717) is 11.5 Å². The molecule has 1 aliphatic carbocycles. The first kappa shape index (κ1) is 14.1. The molecule has 0 amide bonds. The summed E-state index contributed by atoms with van der Waals surface area (Å²) in [5, 5.41) is 21.6. The second kappa shape index (κ2) is 5.62. The van der Waals surface area contributed by atoms with E-state index >= 15 is 0 Å². The van der Waals surface area contributed by atoms with Crippen molar-refractivity contribution >= 4 is 17.2 Å². The van der Waals surface area contributed by atoms with Gasteiger partial charge in [-0.3, -0.25) is 4.68 Å². The van der Waals surface area contributed by atoms with Crippen LogP contribution in [0, 0.1) is 0 Å². The van der Waals surface area contributed by atoms with E-state index in [4.69, 9.17) is 4.98 Å². The van der Waals surface area contributed by atoms with Gasteiger partial charge in [-0.25, -0.2) is 14.5 Å². The third-order valence-electron chi connectivity index (χ3n) is 4.31. The Hall–Kier alpha value is -2.48. The first-order valence-electron chi connectivity index (χ1n) is 7.83. The molecular weight excluding hydrogens is 294 g/mol. The van der Waals surface area contributed by atoms with Gasteiger partial charge in [0, 0.05) is 19.2 Å². The van der Waals surface area contributed by atoms with Gasteiger partial charge in [0.25, 0.3) is 0 Å². The number of anilines is 2. The predicted molar refractivity (Wildman–Crippen MR) is 84.5 cm³/mol. The van der Waals surface area contributed by atoms with E-state index in [1.165, 1.54) is 6.33 Å². The molecule has 0 aliphatic heterocycles. The van der Waals surface area contributed by atoms with Gasteiger partial charge >= 0.3 is 0 Å². The maximum absolute atomic E-state index is 9.93. The van der Waals surface area contributed by atoms with Crippen molar-refractivity contribution in [2.24, 2.45) is 7.05 Å². The van der Waals surface area contributed by atoms with E-state index in [0.717, 1.165) is 37.1 Å². The van der Waals surface area contributed by atoms with Gasteiger partial charge in [0.15, 0.2) is 11.5 Å². The molecule has 1 aliphatic rings. The lowest BCUT2D eigenvalue weighted by Gasteiger charge is -2.25. The summed E-state index contributed by atoms with van der Waals surface area (Å²) >= 11 is 0. The number of hydrogen-bond donors (Lipinski definition) is 2. The van der Waals surface area contributed by atoms with Gasteiger partial charge in [-0.15, -0.1) is 0 Å². The van der Waals surface area contributed by atoms with E-state index < -0.39 is 0 Å². The molecule has 0 aromatic carbocycles. The summed E-state index contributed by atoms with van der Waals surface area (Å²) in [6, 6.07) is 0. The van der Waals surface area contributed by atoms with Crippen LogP contribution < -0.4 is 5.32 Å². The molecule has 120 valence electrons. The molecule has 23 heavy (non-hydrogen) atoms. The van der Waals surface area contributed by atoms with E-state index in [1.54, 1.807) is 15.4 Å². The van der Waals surface area contributed by atoms with Gasteiger partial charge in [-0.05, 0) is 19.3 Å². The molecule has 3 aromatic heterocycles. The third kappa shape index (κ3) is 2.77. The van der Waals surface area contributed by atoms with Crippen molar-refractivity contribution in [1.82, 2.24) is 29.4 Å². The first-order chi connectivity index (χ1) is 11.2. The molecule has 3 heterocycles. The monoisotopic (exact) mass is 313 g/mol. The van der Waals surface area contributed by atoms with Crippen LogP contribution in [0.5, 0.6) is 0 Å². The first-order valence-corrected chi connectivity index (χ1v) is 7.83. The van der Waals surface area contributed by atoms with Crippen LogP contribution in [-0.4, -0.2) is 40.6 Å². The SMILES string of the molecule is Cn1cc(Nc2nc(C3CCCC(O)C3)cn3ncnc23)cn1. The topological polar surface area (TPSA) is 93.2 Å². The highest BCUT2D eigenvalue weighted by molar-refractivity contribution is 5.68. The number of hydrogen-bond acceptors (Lipinski definition) is 6. The van der Waals surface area contributed by atoms with Gasteiger partial charge in [0.1, 0.15) is 6.33 Å². The summed E-state index contributed by atoms with van der Waals surface area (Å²) in [5.41, 5.74) is 2.47. The number of aromatic nitrogens is 6. The number of aryl methyl sites for hydroxylation is 1. The Morgan fingerprint density at radius 1 is 1.26 bits per heavy atom. The summed E-state index contributed by atoms with van der Waals surface area (Å²) in [6.07, 6.45) is 10.5. The minimum absolute atomic E-state index is 0.239. The zero-order chi connectivity index (χ0) is 15.8. The number of nitrogens with one attached hydrogen (secondary N) is 1. The molecule has 4 rings (SSSR count). The number of aliphatic hydroxyl groups is 1. The van der Waals surface area contributed by atoms with Crippen molar-refractivity contribution in [2.75, 3.05) is 5.32 Å². The van der Waals surface area contributed by atoms with E-state index in [1.807, 2.05) is 19.4 Å². The van der Waals surface area contributed by atoms with E-state index in [-0.39, 0.29) is 12.0 Å². The Kier molecular flexibility index (Phi) is 3.45. The summed E-state index contributed by atoms with van der Waals surface area (Å²) < 4.78 is 3.46. The van der Waals surface area contributed by atoms with Crippen molar-refractivity contribution in [2.45, 2.75) is 37.7 Å². The highest BCUT2D eigenvalue weighted by Gasteiger charge is 2.24. The molecule has 1 saturated carbocycles. The Labute approximate surface area is 133 Å². The highest BCUT2D eigenvalue weighted by Crippen LogP contribution is 2.33. The Balaban J connectivity index is 1.72. The zero-order valence-electron chi connectivity index (χ0n) is 12.9. The van der Waals surface area contributed by atoms with Crippen LogP contribution in [0.2, 0.25) is 0 Å². The fourth-order valence-electron chi connectivity index (χ4n) is 3.18. The molecule has 8 heteroatoms. The number of aliphatic hydroxyl groups excluding tert-OH is 1. The lowest BCUT2D eigenvalue weighted by atomic mass is 9.85. The highest BCUT2D eigenvalue weighted by atomic mass is 16.3. The number of fused-ring (bicyclic) bond motifs is 1. The average Bonchev–Trinajstić information content (AvgIpc) is 3.16. The lowest BCUT2D eigenvalue weighted by molar-refractivity contribution is 0.118. The van der Waals surface area contributed by atoms with Crippen molar-refractivity contribution < 1.29 is 5.11 Å². The van der Waals surface area contributed by atoms with Crippen LogP contribution in [0.1, 0.15) is 37.3 Å². The Bertz CT molecular complexity index is 824. The van der Waals surface area contributed by atoms with Crippen LogP contribution in [0.25, 0.3) is 5.65 Å². The average molecular weight is 313 g/mol. The minimum atomic E-state index is -0.239. The standard InChI is InChI=1S/C15H19N7O/c1-21-7-11(6-17-21)19-14-15-16-9-18-22(15)8-13(20-14)10-3-2-4-12(23)5-10/h6-10,12,23H,2-5H2,1H3,(H,19,20). The quantitative estimate of drug-likeness (QED) is 0.763. The summed E-state index contributed by atoms with van der Waals surface area (Å²) in [6.45, 7) is 0. The normalized spacial score (nSPS) is 21.7. The second-order valence-corrected chi connectivity index (χ2v) is 6.09. The molecule has 2 N–H and O–H groups in total. The van der Waals surface area contributed by atoms with E-state index in [2.05, 4.69) is 20.5 Å². The zero-order valence-corrected chi connectivity index (χ0v) is 12.9. The van der Waals surface area contributed by atoms with Crippen molar-refractivity contribution in [3.8, 4) is 0 Å². The number of nitrogens with zero attached hydrogens (tertiary/aromatic N) is 6. The van der Waals surface area contributed by atoms with Crippen LogP contribution in [0.4, 0.5) is 11.5 Å². The molecule has 2 unspecified atom stereocenters. The maximum Gasteiger partial charge on any atom is 0.198 e. The van der Waals surface area contributed by atoms with Gasteiger partial charge in [0.2, 0.25) is 0 Å². The molecule has 2 atom stereocenters.